The van der Waals surface area contributed by atoms with Gasteiger partial charge in [-0.15, -0.1) is 0 Å². The fourth-order valence-corrected chi connectivity index (χ4v) is 3.40. The van der Waals surface area contributed by atoms with Crippen molar-refractivity contribution in [1.82, 2.24) is 9.88 Å². The summed E-state index contributed by atoms with van der Waals surface area (Å²) in [6.45, 7) is 1.16. The van der Waals surface area contributed by atoms with Gasteiger partial charge in [-0.2, -0.15) is 0 Å². The number of pyridine rings is 1. The summed E-state index contributed by atoms with van der Waals surface area (Å²) in [5.74, 6) is 1.03. The molecule has 0 bridgehead atoms. The van der Waals surface area contributed by atoms with Crippen LogP contribution in [0, 0.1) is 0 Å². The molecule has 1 N–H and O–H groups in total. The van der Waals surface area contributed by atoms with E-state index in [-0.39, 0.29) is 5.91 Å². The van der Waals surface area contributed by atoms with E-state index in [1.54, 1.807) is 24.1 Å². The maximum Gasteiger partial charge on any atom is 0.273 e. The first-order chi connectivity index (χ1) is 13.1. The number of methoxy groups -OCH3 is 1. The fraction of sp³-hybridized carbons (Fsp3) is 0.143. The fourth-order valence-electron chi connectivity index (χ4n) is 3.20. The smallest absolute Gasteiger partial charge is 0.273 e. The summed E-state index contributed by atoms with van der Waals surface area (Å²) in [5, 5.41) is 3.62. The van der Waals surface area contributed by atoms with Gasteiger partial charge in [-0.3, -0.25) is 4.79 Å². The van der Waals surface area contributed by atoms with Gasteiger partial charge in [0.05, 0.1) is 12.8 Å². The number of halogens is 1. The highest BCUT2D eigenvalue weighted by molar-refractivity contribution is 6.31. The third-order valence-electron chi connectivity index (χ3n) is 4.51. The molecular weight excluding hydrogens is 362 g/mol. The number of hydrogen-bond acceptors (Lipinski definition) is 4. The number of nitrogens with one attached hydrogen (secondary N) is 1. The van der Waals surface area contributed by atoms with Gasteiger partial charge in [0.2, 0.25) is 0 Å². The van der Waals surface area contributed by atoms with Crippen LogP contribution in [-0.4, -0.2) is 22.9 Å². The number of fused-ring (bicyclic) bond motifs is 1. The molecule has 0 atom stereocenters. The molecule has 1 amide bonds. The van der Waals surface area contributed by atoms with Crippen LogP contribution in [0.15, 0.2) is 60.7 Å². The van der Waals surface area contributed by atoms with Crippen LogP contribution in [0.4, 0.5) is 11.5 Å². The first-order valence-corrected chi connectivity index (χ1v) is 8.95. The number of para-hydroxylation sites is 2. The van der Waals surface area contributed by atoms with Crippen molar-refractivity contribution >= 4 is 29.0 Å². The van der Waals surface area contributed by atoms with Crippen molar-refractivity contribution in [2.24, 2.45) is 0 Å². The van der Waals surface area contributed by atoms with E-state index in [9.17, 15) is 4.79 Å². The highest BCUT2D eigenvalue weighted by Crippen LogP contribution is 2.29. The molecule has 0 unspecified atom stereocenters. The Hall–Kier alpha value is -3.05. The molecule has 0 aliphatic carbocycles. The topological polar surface area (TPSA) is 54.5 Å². The van der Waals surface area contributed by atoms with Gasteiger partial charge in [0.25, 0.3) is 5.91 Å². The number of benzene rings is 2. The molecule has 27 heavy (non-hydrogen) atoms. The Labute approximate surface area is 162 Å². The van der Waals surface area contributed by atoms with Crippen LogP contribution in [-0.2, 0) is 13.1 Å². The second-order valence-corrected chi connectivity index (χ2v) is 6.75. The normalized spacial score (nSPS) is 12.6. The molecule has 1 aromatic heterocycles. The Morgan fingerprint density at radius 2 is 1.74 bits per heavy atom. The SMILES string of the molecule is COc1ccccc1Nc1cc(Cl)cc(C(=O)N2Cc3ccccc3C2)n1. The summed E-state index contributed by atoms with van der Waals surface area (Å²) in [7, 11) is 1.60. The molecule has 4 rings (SSSR count). The van der Waals surface area contributed by atoms with Crippen molar-refractivity contribution in [2.75, 3.05) is 12.4 Å². The third-order valence-corrected chi connectivity index (χ3v) is 4.73. The Bertz CT molecular complexity index is 981. The van der Waals surface area contributed by atoms with Gasteiger partial charge >= 0.3 is 0 Å². The summed E-state index contributed by atoms with van der Waals surface area (Å²) in [6.07, 6.45) is 0. The van der Waals surface area contributed by atoms with E-state index in [4.69, 9.17) is 16.3 Å². The molecule has 1 aliphatic heterocycles. The zero-order chi connectivity index (χ0) is 18.8. The van der Waals surface area contributed by atoms with Crippen LogP contribution in [0.1, 0.15) is 21.6 Å². The number of carbonyl (C=O) groups excluding carboxylic acids is 1. The monoisotopic (exact) mass is 379 g/mol. The maximum absolute atomic E-state index is 12.9. The number of ether oxygens (including phenoxy) is 1. The Morgan fingerprint density at radius 1 is 1.07 bits per heavy atom. The maximum atomic E-state index is 12.9. The Kier molecular flexibility index (Phi) is 4.69. The van der Waals surface area contributed by atoms with Crippen molar-refractivity contribution in [3.63, 3.8) is 0 Å². The zero-order valence-corrected chi connectivity index (χ0v) is 15.5. The molecule has 0 radical (unpaired) electrons. The Morgan fingerprint density at radius 3 is 2.44 bits per heavy atom. The molecule has 3 aromatic rings. The minimum absolute atomic E-state index is 0.142. The van der Waals surface area contributed by atoms with Crippen LogP contribution < -0.4 is 10.1 Å². The van der Waals surface area contributed by atoms with Gasteiger partial charge < -0.3 is 15.0 Å². The largest absolute Gasteiger partial charge is 0.495 e. The molecule has 0 spiro atoms. The lowest BCUT2D eigenvalue weighted by Gasteiger charge is -2.16. The van der Waals surface area contributed by atoms with Crippen LogP contribution >= 0.6 is 11.6 Å². The van der Waals surface area contributed by atoms with E-state index < -0.39 is 0 Å². The number of hydrogen-bond donors (Lipinski definition) is 1. The predicted molar refractivity (Wildman–Crippen MR) is 106 cm³/mol. The van der Waals surface area contributed by atoms with E-state index in [0.717, 1.165) is 5.69 Å². The number of rotatable bonds is 4. The first-order valence-electron chi connectivity index (χ1n) is 8.58. The van der Waals surface area contributed by atoms with E-state index >= 15 is 0 Å². The van der Waals surface area contributed by atoms with Crippen molar-refractivity contribution in [3.8, 4) is 5.75 Å². The average molecular weight is 380 g/mol. The van der Waals surface area contributed by atoms with Gasteiger partial charge in [-0.25, -0.2) is 4.98 Å². The van der Waals surface area contributed by atoms with E-state index in [1.165, 1.54) is 11.1 Å². The van der Waals surface area contributed by atoms with Crippen molar-refractivity contribution in [2.45, 2.75) is 13.1 Å². The lowest BCUT2D eigenvalue weighted by molar-refractivity contribution is 0.0745. The Balaban J connectivity index is 1.58. The first kappa shape index (κ1) is 17.4. The van der Waals surface area contributed by atoms with Crippen molar-refractivity contribution in [3.05, 3.63) is 82.5 Å². The molecule has 5 nitrogen and oxygen atoms in total. The summed E-state index contributed by atoms with van der Waals surface area (Å²) < 4.78 is 5.34. The van der Waals surface area contributed by atoms with E-state index in [1.807, 2.05) is 48.5 Å². The quantitative estimate of drug-likeness (QED) is 0.717. The second-order valence-electron chi connectivity index (χ2n) is 6.31. The number of nitrogens with zero attached hydrogens (tertiary/aromatic N) is 2. The second kappa shape index (κ2) is 7.29. The van der Waals surface area contributed by atoms with Gasteiger partial charge in [0.15, 0.2) is 0 Å². The minimum Gasteiger partial charge on any atom is -0.495 e. The number of aromatic nitrogens is 1. The number of anilines is 2. The van der Waals surface area contributed by atoms with Crippen LogP contribution in [0.2, 0.25) is 5.02 Å². The lowest BCUT2D eigenvalue weighted by Crippen LogP contribution is -2.26. The van der Waals surface area contributed by atoms with Gasteiger partial charge in [-0.1, -0.05) is 48.0 Å². The number of carbonyl (C=O) groups is 1. The van der Waals surface area contributed by atoms with Gasteiger partial charge in [0, 0.05) is 18.1 Å². The molecule has 2 heterocycles. The molecule has 1 aliphatic rings. The summed E-state index contributed by atoms with van der Waals surface area (Å²) >= 11 is 6.25. The molecule has 136 valence electrons. The average Bonchev–Trinajstić information content (AvgIpc) is 3.11. The third kappa shape index (κ3) is 3.59. The van der Waals surface area contributed by atoms with Gasteiger partial charge in [-0.05, 0) is 35.4 Å². The minimum atomic E-state index is -0.142. The number of amides is 1. The zero-order valence-electron chi connectivity index (χ0n) is 14.8. The van der Waals surface area contributed by atoms with Crippen molar-refractivity contribution < 1.29 is 9.53 Å². The van der Waals surface area contributed by atoms with Crippen molar-refractivity contribution in [1.29, 1.82) is 0 Å². The highest BCUT2D eigenvalue weighted by atomic mass is 35.5. The summed E-state index contributed by atoms with van der Waals surface area (Å²) in [4.78, 5) is 19.2. The molecular formula is C21H18ClN3O2. The lowest BCUT2D eigenvalue weighted by atomic mass is 10.1. The van der Waals surface area contributed by atoms with E-state index in [2.05, 4.69) is 10.3 Å². The molecule has 2 aromatic carbocycles. The molecule has 0 saturated carbocycles. The van der Waals surface area contributed by atoms with E-state index in [0.29, 0.717) is 35.4 Å². The molecule has 0 fully saturated rings. The summed E-state index contributed by atoms with van der Waals surface area (Å²) in [6, 6.07) is 18.8. The van der Waals surface area contributed by atoms with Crippen LogP contribution in [0.25, 0.3) is 0 Å². The standard InChI is InChI=1S/C21H18ClN3O2/c1-27-19-9-5-4-8-17(19)23-20-11-16(22)10-18(24-20)21(26)25-12-14-6-2-3-7-15(14)13-25/h2-11H,12-13H2,1H3,(H,23,24). The van der Waals surface area contributed by atoms with Crippen LogP contribution in [0.5, 0.6) is 5.75 Å². The van der Waals surface area contributed by atoms with Gasteiger partial charge in [0.1, 0.15) is 17.3 Å². The molecule has 6 heteroatoms. The molecule has 0 saturated heterocycles. The van der Waals surface area contributed by atoms with Crippen LogP contribution in [0.3, 0.4) is 0 Å². The highest BCUT2D eigenvalue weighted by Gasteiger charge is 2.25. The summed E-state index contributed by atoms with van der Waals surface area (Å²) in [5.41, 5.74) is 3.40. The predicted octanol–water partition coefficient (Wildman–Crippen LogP) is 4.64.